The molecule has 0 unspecified atom stereocenters. The van der Waals surface area contributed by atoms with Crippen LogP contribution in [0, 0.1) is 0 Å². The third-order valence-electron chi connectivity index (χ3n) is 4.95. The summed E-state index contributed by atoms with van der Waals surface area (Å²) in [7, 11) is 0. The molecule has 0 saturated heterocycles. The van der Waals surface area contributed by atoms with Crippen molar-refractivity contribution in [3.8, 4) is 0 Å². The molecule has 4 aromatic rings. The number of rotatable bonds is 6. The second kappa shape index (κ2) is 18.3. The van der Waals surface area contributed by atoms with Gasteiger partial charge in [-0.15, -0.1) is 20.4 Å². The standard InChI is InChI=1S/C18H6N6O12.6Na/c25-13(26)4-1-2(5(14(27)28)7(16(31)32)6(4)15(29)30)10-12(22-24-23-21-10)9-3(1)8(17(33)34)11(18(35)36)20-19-9;;;;;;/h(H,25,26)(H,27,28)(H,29,30)(H,31,32)(H,33,34)(H,35,36);;;;;;/q;6*+1/p-6. The molecular weight excluding hydrogens is 630 g/mol. The van der Waals surface area contributed by atoms with Crippen molar-refractivity contribution in [1.82, 2.24) is 30.8 Å². The molecule has 0 spiro atoms. The smallest absolute Gasteiger partial charge is 0.545 e. The van der Waals surface area contributed by atoms with Gasteiger partial charge in [0.1, 0.15) is 22.2 Å². The first-order valence-electron chi connectivity index (χ1n) is 8.89. The molecule has 2 heterocycles. The van der Waals surface area contributed by atoms with Crippen LogP contribution >= 0.6 is 0 Å². The van der Waals surface area contributed by atoms with Crippen LogP contribution in [0.1, 0.15) is 62.3 Å². The van der Waals surface area contributed by atoms with Gasteiger partial charge in [0, 0.05) is 44.0 Å². The molecule has 0 radical (unpaired) electrons. The molecule has 4 rings (SSSR count). The molecule has 0 fully saturated rings. The van der Waals surface area contributed by atoms with E-state index in [1.165, 1.54) is 0 Å². The van der Waals surface area contributed by atoms with Crippen LogP contribution in [-0.2, 0) is 0 Å². The maximum atomic E-state index is 12.1. The van der Waals surface area contributed by atoms with Gasteiger partial charge < -0.3 is 59.4 Å². The van der Waals surface area contributed by atoms with Gasteiger partial charge in [0.2, 0.25) is 0 Å². The second-order valence-corrected chi connectivity index (χ2v) is 6.70. The number of benzene rings is 2. The van der Waals surface area contributed by atoms with Gasteiger partial charge in [-0.25, -0.2) is 0 Å². The summed E-state index contributed by atoms with van der Waals surface area (Å²) >= 11 is 0. The summed E-state index contributed by atoms with van der Waals surface area (Å²) in [5, 5.41) is 87.5. The molecule has 18 nitrogen and oxygen atoms in total. The van der Waals surface area contributed by atoms with E-state index in [-0.39, 0.29) is 177 Å². The number of nitrogens with zero attached hydrogens (tertiary/aromatic N) is 6. The zero-order valence-corrected chi connectivity index (χ0v) is 34.6. The monoisotopic (exact) mass is 630 g/mol. The van der Waals surface area contributed by atoms with Gasteiger partial charge in [-0.3, -0.25) is 0 Å². The predicted molar refractivity (Wildman–Crippen MR) is 91.7 cm³/mol. The summed E-state index contributed by atoms with van der Waals surface area (Å²) in [4.78, 5) is 71.3. The summed E-state index contributed by atoms with van der Waals surface area (Å²) in [6, 6.07) is 0. The molecule has 0 atom stereocenters. The summed E-state index contributed by atoms with van der Waals surface area (Å²) in [5.41, 5.74) is -12.1. The van der Waals surface area contributed by atoms with E-state index in [0.29, 0.717) is 0 Å². The number of aromatic nitrogens is 6. The van der Waals surface area contributed by atoms with Crippen LogP contribution in [0.3, 0.4) is 0 Å². The topological polar surface area (TPSA) is 318 Å². The third-order valence-corrected chi connectivity index (χ3v) is 4.95. The molecule has 42 heavy (non-hydrogen) atoms. The molecule has 0 amide bonds. The van der Waals surface area contributed by atoms with Crippen LogP contribution in [0.2, 0.25) is 0 Å². The van der Waals surface area contributed by atoms with Crippen molar-refractivity contribution in [1.29, 1.82) is 0 Å². The molecule has 2 aromatic carbocycles. The van der Waals surface area contributed by atoms with Crippen molar-refractivity contribution in [3.05, 3.63) is 33.5 Å². The summed E-state index contributed by atoms with van der Waals surface area (Å²) in [5.74, 6) is -14.7. The SMILES string of the molecule is O=C([O-])c1nnc2c3nnnnc3c3c(C(=O)[O-])c(C(=O)[O-])c(C(=O)[O-])c(C(=O)[O-])c3c2c1C(=O)[O-].[Na+].[Na+].[Na+].[Na+].[Na+].[Na+]. The number of carboxylic acids is 6. The van der Waals surface area contributed by atoms with E-state index < -0.39 is 102 Å². The zero-order valence-electron chi connectivity index (χ0n) is 22.6. The van der Waals surface area contributed by atoms with E-state index in [1.807, 2.05) is 0 Å². The minimum Gasteiger partial charge on any atom is -0.545 e. The first-order valence-corrected chi connectivity index (χ1v) is 8.89. The molecule has 0 aliphatic rings. The Morgan fingerprint density at radius 3 is 1.07 bits per heavy atom. The number of carboxylic acid groups (broad SMARTS) is 6. The Morgan fingerprint density at radius 1 is 0.357 bits per heavy atom. The maximum absolute atomic E-state index is 12.1. The Morgan fingerprint density at radius 2 is 0.690 bits per heavy atom. The maximum Gasteiger partial charge on any atom is 1.00 e. The van der Waals surface area contributed by atoms with Gasteiger partial charge >= 0.3 is 177 Å². The van der Waals surface area contributed by atoms with Gasteiger partial charge in [0.05, 0.1) is 35.8 Å². The largest absolute Gasteiger partial charge is 1.00 e. The van der Waals surface area contributed by atoms with Crippen LogP contribution in [0.15, 0.2) is 0 Å². The van der Waals surface area contributed by atoms with Gasteiger partial charge in [-0.2, -0.15) is 0 Å². The van der Waals surface area contributed by atoms with Crippen molar-refractivity contribution in [3.63, 3.8) is 0 Å². The summed E-state index contributed by atoms with van der Waals surface area (Å²) in [6.45, 7) is 0. The average molecular weight is 630 g/mol. The number of aromatic carboxylic acids is 6. The Hall–Kier alpha value is 0.0600. The fraction of sp³-hybridized carbons (Fsp3) is 0. The summed E-state index contributed by atoms with van der Waals surface area (Å²) in [6.07, 6.45) is 0. The van der Waals surface area contributed by atoms with Crippen LogP contribution in [-0.4, -0.2) is 66.6 Å². The van der Waals surface area contributed by atoms with Crippen molar-refractivity contribution in [2.45, 2.75) is 0 Å². The molecule has 0 aliphatic heterocycles. The first-order chi connectivity index (χ1) is 16.9. The van der Waals surface area contributed by atoms with Gasteiger partial charge in [-0.1, -0.05) is 0 Å². The van der Waals surface area contributed by atoms with Crippen molar-refractivity contribution >= 4 is 68.5 Å². The van der Waals surface area contributed by atoms with E-state index in [2.05, 4.69) is 30.8 Å². The Labute approximate surface area is 363 Å². The number of carbonyl (C=O) groups is 6. The van der Waals surface area contributed by atoms with Crippen LogP contribution in [0.25, 0.3) is 32.7 Å². The zero-order chi connectivity index (χ0) is 26.6. The van der Waals surface area contributed by atoms with Crippen LogP contribution in [0.5, 0.6) is 0 Å². The number of fused-ring (bicyclic) bond motifs is 6. The van der Waals surface area contributed by atoms with Crippen molar-refractivity contribution < 1.29 is 237 Å². The number of carbonyl (C=O) groups excluding carboxylic acids is 6. The molecular formula is C18N6Na6O12. The van der Waals surface area contributed by atoms with Crippen molar-refractivity contribution in [2.75, 3.05) is 0 Å². The van der Waals surface area contributed by atoms with E-state index >= 15 is 0 Å². The molecule has 2 aromatic heterocycles. The van der Waals surface area contributed by atoms with E-state index in [9.17, 15) is 59.4 Å². The molecule has 24 heteroatoms. The minimum absolute atomic E-state index is 0. The molecule has 180 valence electrons. The van der Waals surface area contributed by atoms with Gasteiger partial charge in [0.25, 0.3) is 0 Å². The molecule has 0 N–H and O–H groups in total. The molecule has 0 saturated carbocycles. The van der Waals surface area contributed by atoms with Crippen LogP contribution in [0.4, 0.5) is 0 Å². The van der Waals surface area contributed by atoms with Gasteiger partial charge in [0.15, 0.2) is 0 Å². The third kappa shape index (κ3) is 7.88. The van der Waals surface area contributed by atoms with Crippen molar-refractivity contribution in [2.24, 2.45) is 0 Å². The van der Waals surface area contributed by atoms with Gasteiger partial charge in [-0.05, 0) is 10.4 Å². The van der Waals surface area contributed by atoms with E-state index in [0.717, 1.165) is 0 Å². The normalized spacial score (nSPS) is 9.43. The minimum atomic E-state index is -2.58. The quantitative estimate of drug-likeness (QED) is 0.141. The second-order valence-electron chi connectivity index (χ2n) is 6.70. The average Bonchev–Trinajstić information content (AvgIpc) is 2.80. The predicted octanol–water partition coefficient (Wildman–Crippen LogP) is -26.3. The van der Waals surface area contributed by atoms with Crippen LogP contribution < -0.4 is 208 Å². The summed E-state index contributed by atoms with van der Waals surface area (Å²) < 4.78 is 0. The molecule has 0 aliphatic carbocycles. The fourth-order valence-electron chi connectivity index (χ4n) is 3.79. The Kier molecular flexibility index (Phi) is 20.2. The number of hydrogen-bond donors (Lipinski definition) is 0. The van der Waals surface area contributed by atoms with E-state index in [4.69, 9.17) is 0 Å². The first kappa shape index (κ1) is 46.5. The number of hydrogen-bond acceptors (Lipinski definition) is 18. The fourth-order valence-corrected chi connectivity index (χ4v) is 3.79. The Balaban J connectivity index is -0.00000253. The Bertz CT molecular complexity index is 1770. The van der Waals surface area contributed by atoms with E-state index in [1.54, 1.807) is 0 Å². The molecule has 0 bridgehead atoms.